The second kappa shape index (κ2) is 4.77. The minimum atomic E-state index is -3.53. The third kappa shape index (κ3) is 2.91. The minimum absolute atomic E-state index is 0.0204. The van der Waals surface area contributed by atoms with Crippen molar-refractivity contribution in [2.75, 3.05) is 13.1 Å². The Kier molecular flexibility index (Phi) is 3.24. The second-order valence-corrected chi connectivity index (χ2v) is 7.04. The minimum Gasteiger partial charge on any atom is -0.508 e. The van der Waals surface area contributed by atoms with Crippen LogP contribution in [0.2, 0.25) is 0 Å². The van der Waals surface area contributed by atoms with Crippen LogP contribution < -0.4 is 4.72 Å². The van der Waals surface area contributed by atoms with Gasteiger partial charge in [0.2, 0.25) is 10.0 Å². The van der Waals surface area contributed by atoms with Gasteiger partial charge in [-0.3, -0.25) is 4.90 Å². The molecule has 1 saturated carbocycles. The maximum Gasteiger partial charge on any atom is 0.240 e. The molecule has 1 unspecified atom stereocenters. The van der Waals surface area contributed by atoms with Gasteiger partial charge in [-0.1, -0.05) is 6.07 Å². The van der Waals surface area contributed by atoms with Crippen LogP contribution in [0.25, 0.3) is 0 Å². The molecule has 1 aliphatic heterocycles. The molecule has 1 heterocycles. The van der Waals surface area contributed by atoms with Gasteiger partial charge in [0.05, 0.1) is 4.90 Å². The molecule has 1 saturated heterocycles. The van der Waals surface area contributed by atoms with E-state index in [9.17, 15) is 13.5 Å². The van der Waals surface area contributed by atoms with Crippen LogP contribution in [0.4, 0.5) is 0 Å². The van der Waals surface area contributed by atoms with Crippen LogP contribution >= 0.6 is 0 Å². The quantitative estimate of drug-likeness (QED) is 0.861. The lowest BCUT2D eigenvalue weighted by Gasteiger charge is -2.16. The fourth-order valence-electron chi connectivity index (χ4n) is 2.59. The van der Waals surface area contributed by atoms with E-state index < -0.39 is 10.0 Å². The Balaban J connectivity index is 1.68. The number of nitrogens with zero attached hydrogens (tertiary/aromatic N) is 1. The third-order valence-corrected chi connectivity index (χ3v) is 5.25. The molecule has 0 spiro atoms. The number of sulfonamides is 1. The molecule has 0 aromatic heterocycles. The van der Waals surface area contributed by atoms with Crippen LogP contribution in [0.3, 0.4) is 0 Å². The summed E-state index contributed by atoms with van der Waals surface area (Å²) in [4.78, 5) is 2.48. The van der Waals surface area contributed by atoms with Gasteiger partial charge in [0, 0.05) is 25.2 Å². The summed E-state index contributed by atoms with van der Waals surface area (Å²) in [6.45, 7) is 1.76. The number of aromatic hydroxyl groups is 1. The molecule has 0 radical (unpaired) electrons. The number of hydrogen-bond donors (Lipinski definition) is 2. The van der Waals surface area contributed by atoms with Crippen LogP contribution in [0.5, 0.6) is 5.75 Å². The first kappa shape index (κ1) is 12.9. The molecule has 1 aromatic rings. The highest BCUT2D eigenvalue weighted by atomic mass is 32.2. The summed E-state index contributed by atoms with van der Waals surface area (Å²) in [6, 6.07) is 6.42. The lowest BCUT2D eigenvalue weighted by molar-refractivity contribution is 0.322. The first-order chi connectivity index (χ1) is 9.04. The van der Waals surface area contributed by atoms with Crippen molar-refractivity contribution in [3.63, 3.8) is 0 Å². The van der Waals surface area contributed by atoms with Crippen LogP contribution in [0.15, 0.2) is 29.2 Å². The van der Waals surface area contributed by atoms with Gasteiger partial charge in [-0.05, 0) is 37.5 Å². The van der Waals surface area contributed by atoms with E-state index >= 15 is 0 Å². The van der Waals surface area contributed by atoms with Crippen molar-refractivity contribution in [3.8, 4) is 5.75 Å². The highest BCUT2D eigenvalue weighted by Crippen LogP contribution is 2.30. The van der Waals surface area contributed by atoms with Gasteiger partial charge in [-0.15, -0.1) is 0 Å². The Labute approximate surface area is 113 Å². The van der Waals surface area contributed by atoms with Crippen molar-refractivity contribution in [2.24, 2.45) is 0 Å². The first-order valence-electron chi connectivity index (χ1n) is 6.60. The molecule has 1 aromatic carbocycles. The Morgan fingerprint density at radius 1 is 1.26 bits per heavy atom. The van der Waals surface area contributed by atoms with E-state index in [-0.39, 0.29) is 16.7 Å². The van der Waals surface area contributed by atoms with Crippen LogP contribution in [0.1, 0.15) is 19.3 Å². The number of rotatable bonds is 4. The molecule has 3 rings (SSSR count). The van der Waals surface area contributed by atoms with Crippen LogP contribution in [0, 0.1) is 0 Å². The predicted octanol–water partition coefficient (Wildman–Crippen LogP) is 0.907. The highest BCUT2D eigenvalue weighted by Gasteiger charge is 2.35. The summed E-state index contributed by atoms with van der Waals surface area (Å²) in [5.41, 5.74) is 0. The van der Waals surface area contributed by atoms with Gasteiger partial charge in [0.1, 0.15) is 5.75 Å². The first-order valence-corrected chi connectivity index (χ1v) is 8.08. The predicted molar refractivity (Wildman–Crippen MR) is 71.4 cm³/mol. The SMILES string of the molecule is O=S(=O)(NC1CCN(C2CC2)C1)c1cccc(O)c1. The van der Waals surface area contributed by atoms with Gasteiger partial charge >= 0.3 is 0 Å². The van der Waals surface area contributed by atoms with Gasteiger partial charge in [0.15, 0.2) is 0 Å². The topological polar surface area (TPSA) is 69.6 Å². The molecule has 104 valence electrons. The standard InChI is InChI=1S/C13H18N2O3S/c16-12-2-1-3-13(8-12)19(17,18)14-10-6-7-15(9-10)11-4-5-11/h1-3,8,10-11,14,16H,4-7,9H2. The molecule has 0 bridgehead atoms. The van der Waals surface area contributed by atoms with Crippen molar-refractivity contribution in [3.05, 3.63) is 24.3 Å². The van der Waals surface area contributed by atoms with E-state index in [1.165, 1.54) is 37.1 Å². The summed E-state index contributed by atoms with van der Waals surface area (Å²) >= 11 is 0. The van der Waals surface area contributed by atoms with E-state index in [0.29, 0.717) is 6.04 Å². The average molecular weight is 282 g/mol. The molecule has 2 aliphatic rings. The number of hydrogen-bond acceptors (Lipinski definition) is 4. The molecule has 19 heavy (non-hydrogen) atoms. The maximum absolute atomic E-state index is 12.2. The molecular formula is C13H18N2O3S. The van der Waals surface area contributed by atoms with Crippen LogP contribution in [-0.4, -0.2) is 43.6 Å². The summed E-state index contributed by atoms with van der Waals surface area (Å²) in [5, 5.41) is 9.36. The number of phenolic OH excluding ortho intramolecular Hbond substituents is 1. The highest BCUT2D eigenvalue weighted by molar-refractivity contribution is 7.89. The Bertz CT molecular complexity index is 569. The smallest absolute Gasteiger partial charge is 0.240 e. The molecule has 1 atom stereocenters. The lowest BCUT2D eigenvalue weighted by Crippen LogP contribution is -2.37. The summed E-state index contributed by atoms with van der Waals surface area (Å²) in [5.74, 6) is -0.0334. The lowest BCUT2D eigenvalue weighted by atomic mass is 10.3. The third-order valence-electron chi connectivity index (χ3n) is 3.73. The van der Waals surface area contributed by atoms with E-state index in [2.05, 4.69) is 9.62 Å². The van der Waals surface area contributed by atoms with Gasteiger partial charge in [0.25, 0.3) is 0 Å². The van der Waals surface area contributed by atoms with Crippen molar-refractivity contribution in [1.82, 2.24) is 9.62 Å². The summed E-state index contributed by atoms with van der Waals surface area (Å²) in [7, 11) is -3.53. The second-order valence-electron chi connectivity index (χ2n) is 5.33. The Morgan fingerprint density at radius 3 is 2.74 bits per heavy atom. The van der Waals surface area contributed by atoms with E-state index in [1.54, 1.807) is 0 Å². The molecule has 2 fully saturated rings. The number of likely N-dealkylation sites (tertiary alicyclic amines) is 1. The molecule has 5 nitrogen and oxygen atoms in total. The van der Waals surface area contributed by atoms with Gasteiger partial charge in [-0.25, -0.2) is 13.1 Å². The van der Waals surface area contributed by atoms with Crippen LogP contribution in [-0.2, 0) is 10.0 Å². The van der Waals surface area contributed by atoms with E-state index in [0.717, 1.165) is 19.5 Å². The Morgan fingerprint density at radius 2 is 2.05 bits per heavy atom. The zero-order valence-corrected chi connectivity index (χ0v) is 11.4. The average Bonchev–Trinajstić information content (AvgIpc) is 3.11. The number of nitrogens with one attached hydrogen (secondary N) is 1. The fourth-order valence-corrected chi connectivity index (χ4v) is 3.89. The normalized spacial score (nSPS) is 24.7. The summed E-state index contributed by atoms with van der Waals surface area (Å²) in [6.07, 6.45) is 3.34. The van der Waals surface area contributed by atoms with Crippen molar-refractivity contribution < 1.29 is 13.5 Å². The number of phenols is 1. The molecule has 6 heteroatoms. The van der Waals surface area contributed by atoms with E-state index in [1.807, 2.05) is 0 Å². The van der Waals surface area contributed by atoms with Crippen molar-refractivity contribution >= 4 is 10.0 Å². The van der Waals surface area contributed by atoms with Gasteiger partial charge < -0.3 is 5.11 Å². The molecule has 2 N–H and O–H groups in total. The maximum atomic E-state index is 12.2. The molecular weight excluding hydrogens is 264 g/mol. The number of benzene rings is 1. The summed E-state index contributed by atoms with van der Waals surface area (Å²) < 4.78 is 27.1. The zero-order chi connectivity index (χ0) is 13.5. The fraction of sp³-hybridized carbons (Fsp3) is 0.538. The van der Waals surface area contributed by atoms with Crippen molar-refractivity contribution in [1.29, 1.82) is 0 Å². The largest absolute Gasteiger partial charge is 0.508 e. The van der Waals surface area contributed by atoms with Gasteiger partial charge in [-0.2, -0.15) is 0 Å². The molecule has 0 amide bonds. The monoisotopic (exact) mass is 282 g/mol. The Hall–Kier alpha value is -1.11. The van der Waals surface area contributed by atoms with Crippen molar-refractivity contribution in [2.45, 2.75) is 36.2 Å². The zero-order valence-electron chi connectivity index (χ0n) is 10.6. The molecule has 1 aliphatic carbocycles. The van der Waals surface area contributed by atoms with E-state index in [4.69, 9.17) is 0 Å².